The van der Waals surface area contributed by atoms with Crippen molar-refractivity contribution in [3.8, 4) is 11.3 Å². The van der Waals surface area contributed by atoms with Gasteiger partial charge in [0, 0.05) is 19.4 Å². The highest BCUT2D eigenvalue weighted by Gasteiger charge is 2.27. The largest absolute Gasteiger partial charge is 0.441 e. The van der Waals surface area contributed by atoms with Gasteiger partial charge in [-0.15, -0.1) is 0 Å². The highest BCUT2D eigenvalue weighted by molar-refractivity contribution is 5.76. The summed E-state index contributed by atoms with van der Waals surface area (Å²) < 4.78 is 19.3. The van der Waals surface area contributed by atoms with Crippen LogP contribution in [0, 0.1) is 11.7 Å². The van der Waals surface area contributed by atoms with Crippen LogP contribution < -0.4 is 5.32 Å². The molecule has 0 saturated carbocycles. The standard InChI is InChI=1S/C19H25FN2O3/c1-4-13(2)19(3,24)12-22-17(23)9-10-18-21-11-16(25-18)14-7-5-6-8-15(14)20/h5-8,11,13,24H,4,9-10,12H2,1-3H3,(H,22,23). The Labute approximate surface area is 147 Å². The van der Waals surface area contributed by atoms with Gasteiger partial charge in [0.2, 0.25) is 5.91 Å². The van der Waals surface area contributed by atoms with Gasteiger partial charge >= 0.3 is 0 Å². The van der Waals surface area contributed by atoms with Crippen molar-refractivity contribution >= 4 is 5.91 Å². The van der Waals surface area contributed by atoms with E-state index in [1.165, 1.54) is 12.3 Å². The molecule has 0 aliphatic rings. The molecular weight excluding hydrogens is 323 g/mol. The summed E-state index contributed by atoms with van der Waals surface area (Å²) in [6, 6.07) is 6.30. The van der Waals surface area contributed by atoms with Crippen molar-refractivity contribution in [2.24, 2.45) is 5.92 Å². The maximum Gasteiger partial charge on any atom is 0.220 e. The molecule has 1 heterocycles. The monoisotopic (exact) mass is 348 g/mol. The zero-order valence-corrected chi connectivity index (χ0v) is 14.9. The molecule has 1 aromatic heterocycles. The first-order chi connectivity index (χ1) is 11.8. The molecule has 2 atom stereocenters. The number of carbonyl (C=O) groups is 1. The van der Waals surface area contributed by atoms with E-state index in [-0.39, 0.29) is 30.6 Å². The Morgan fingerprint density at radius 2 is 2.16 bits per heavy atom. The van der Waals surface area contributed by atoms with Crippen molar-refractivity contribution in [3.63, 3.8) is 0 Å². The van der Waals surface area contributed by atoms with Crippen molar-refractivity contribution in [2.75, 3.05) is 6.54 Å². The number of nitrogens with zero attached hydrogens (tertiary/aromatic N) is 1. The number of oxazole rings is 1. The summed E-state index contributed by atoms with van der Waals surface area (Å²) >= 11 is 0. The molecule has 2 unspecified atom stereocenters. The second-order valence-corrected chi connectivity index (χ2v) is 6.54. The van der Waals surface area contributed by atoms with Crippen LogP contribution in [0.1, 0.15) is 39.5 Å². The summed E-state index contributed by atoms with van der Waals surface area (Å²) in [5, 5.41) is 13.0. The van der Waals surface area contributed by atoms with Gasteiger partial charge < -0.3 is 14.8 Å². The van der Waals surface area contributed by atoms with Gasteiger partial charge in [-0.3, -0.25) is 4.79 Å². The SMILES string of the molecule is CCC(C)C(C)(O)CNC(=O)CCc1ncc(-c2ccccc2F)o1. The Balaban J connectivity index is 1.86. The Morgan fingerprint density at radius 1 is 1.44 bits per heavy atom. The predicted molar refractivity (Wildman–Crippen MR) is 93.3 cm³/mol. The van der Waals surface area contributed by atoms with E-state index in [0.717, 1.165) is 6.42 Å². The predicted octanol–water partition coefficient (Wildman–Crippen LogP) is 3.33. The molecule has 25 heavy (non-hydrogen) atoms. The van der Waals surface area contributed by atoms with Crippen LogP contribution in [0.5, 0.6) is 0 Å². The highest BCUT2D eigenvalue weighted by atomic mass is 19.1. The van der Waals surface area contributed by atoms with Crippen LogP contribution in [0.3, 0.4) is 0 Å². The number of benzene rings is 1. The molecule has 6 heteroatoms. The van der Waals surface area contributed by atoms with Crippen molar-refractivity contribution < 1.29 is 18.7 Å². The number of aryl methyl sites for hydroxylation is 1. The van der Waals surface area contributed by atoms with Gasteiger partial charge in [-0.2, -0.15) is 0 Å². The zero-order chi connectivity index (χ0) is 18.4. The number of hydrogen-bond donors (Lipinski definition) is 2. The molecular formula is C19H25FN2O3. The van der Waals surface area contributed by atoms with Crippen LogP contribution in [-0.4, -0.2) is 28.1 Å². The Bertz CT molecular complexity index is 712. The number of nitrogens with one attached hydrogen (secondary N) is 1. The van der Waals surface area contributed by atoms with E-state index in [4.69, 9.17) is 4.42 Å². The molecule has 136 valence electrons. The first-order valence-electron chi connectivity index (χ1n) is 8.52. The molecule has 2 aromatic rings. The minimum Gasteiger partial charge on any atom is -0.441 e. The van der Waals surface area contributed by atoms with E-state index in [1.54, 1.807) is 25.1 Å². The average Bonchev–Trinajstić information content (AvgIpc) is 3.06. The van der Waals surface area contributed by atoms with Gasteiger partial charge in [-0.1, -0.05) is 32.4 Å². The number of aliphatic hydroxyl groups is 1. The van der Waals surface area contributed by atoms with Crippen LogP contribution in [0.4, 0.5) is 4.39 Å². The summed E-state index contributed by atoms with van der Waals surface area (Å²) in [5.41, 5.74) is -0.596. The van der Waals surface area contributed by atoms with E-state index in [2.05, 4.69) is 10.3 Å². The average molecular weight is 348 g/mol. The minimum absolute atomic E-state index is 0.0860. The van der Waals surface area contributed by atoms with Crippen LogP contribution in [0.15, 0.2) is 34.9 Å². The number of rotatable bonds is 8. The van der Waals surface area contributed by atoms with E-state index in [9.17, 15) is 14.3 Å². The molecule has 2 rings (SSSR count). The second kappa shape index (κ2) is 8.25. The number of amides is 1. The molecule has 0 aliphatic carbocycles. The van der Waals surface area contributed by atoms with E-state index in [0.29, 0.717) is 23.6 Å². The number of carbonyl (C=O) groups excluding carboxylic acids is 1. The topological polar surface area (TPSA) is 75.4 Å². The molecule has 0 radical (unpaired) electrons. The highest BCUT2D eigenvalue weighted by Crippen LogP contribution is 2.23. The Morgan fingerprint density at radius 3 is 2.84 bits per heavy atom. The number of hydrogen-bond acceptors (Lipinski definition) is 4. The summed E-state index contributed by atoms with van der Waals surface area (Å²) in [6.45, 7) is 5.86. The van der Waals surface area contributed by atoms with Crippen molar-refractivity contribution in [3.05, 3.63) is 42.2 Å². The summed E-state index contributed by atoms with van der Waals surface area (Å²) in [6.07, 6.45) is 2.79. The molecule has 0 saturated heterocycles. The lowest BCUT2D eigenvalue weighted by atomic mass is 9.88. The molecule has 1 amide bonds. The molecule has 2 N–H and O–H groups in total. The number of halogens is 1. The van der Waals surface area contributed by atoms with Gasteiger partial charge in [0.1, 0.15) is 5.82 Å². The lowest BCUT2D eigenvalue weighted by Crippen LogP contribution is -2.45. The smallest absolute Gasteiger partial charge is 0.220 e. The van der Waals surface area contributed by atoms with E-state index < -0.39 is 5.60 Å². The molecule has 0 fully saturated rings. The molecule has 5 nitrogen and oxygen atoms in total. The summed E-state index contributed by atoms with van der Waals surface area (Å²) in [4.78, 5) is 16.0. The first kappa shape index (κ1) is 19.1. The lowest BCUT2D eigenvalue weighted by molar-refractivity contribution is -0.122. The quantitative estimate of drug-likeness (QED) is 0.767. The Hall–Kier alpha value is -2.21. The van der Waals surface area contributed by atoms with E-state index in [1.807, 2.05) is 13.8 Å². The Kier molecular flexibility index (Phi) is 6.31. The summed E-state index contributed by atoms with van der Waals surface area (Å²) in [7, 11) is 0. The van der Waals surface area contributed by atoms with Crippen molar-refractivity contribution in [2.45, 2.75) is 45.6 Å². The fraction of sp³-hybridized carbons (Fsp3) is 0.474. The van der Waals surface area contributed by atoms with Crippen LogP contribution in [-0.2, 0) is 11.2 Å². The third-order valence-corrected chi connectivity index (χ3v) is 4.58. The maximum absolute atomic E-state index is 13.7. The first-order valence-corrected chi connectivity index (χ1v) is 8.52. The van der Waals surface area contributed by atoms with Gasteiger partial charge in [-0.25, -0.2) is 9.37 Å². The van der Waals surface area contributed by atoms with Gasteiger partial charge in [-0.05, 0) is 25.0 Å². The van der Waals surface area contributed by atoms with Crippen LogP contribution >= 0.6 is 0 Å². The van der Waals surface area contributed by atoms with Crippen LogP contribution in [0.25, 0.3) is 11.3 Å². The fourth-order valence-electron chi connectivity index (χ4n) is 2.41. The zero-order valence-electron chi connectivity index (χ0n) is 14.9. The van der Waals surface area contributed by atoms with Crippen molar-refractivity contribution in [1.29, 1.82) is 0 Å². The lowest BCUT2D eigenvalue weighted by Gasteiger charge is -2.29. The normalized spacial score (nSPS) is 14.8. The maximum atomic E-state index is 13.7. The molecule has 0 aliphatic heterocycles. The van der Waals surface area contributed by atoms with Crippen LogP contribution in [0.2, 0.25) is 0 Å². The minimum atomic E-state index is -0.939. The van der Waals surface area contributed by atoms with Gasteiger partial charge in [0.15, 0.2) is 11.7 Å². The molecule has 1 aromatic carbocycles. The molecule has 0 spiro atoms. The third-order valence-electron chi connectivity index (χ3n) is 4.58. The second-order valence-electron chi connectivity index (χ2n) is 6.54. The third kappa shape index (κ3) is 5.13. The molecule has 0 bridgehead atoms. The van der Waals surface area contributed by atoms with Crippen molar-refractivity contribution in [1.82, 2.24) is 10.3 Å². The summed E-state index contributed by atoms with van der Waals surface area (Å²) in [5.74, 6) is 0.239. The van der Waals surface area contributed by atoms with Gasteiger partial charge in [0.05, 0.1) is 17.4 Å². The fourth-order valence-corrected chi connectivity index (χ4v) is 2.41. The van der Waals surface area contributed by atoms with E-state index >= 15 is 0 Å². The number of aromatic nitrogens is 1. The van der Waals surface area contributed by atoms with Gasteiger partial charge in [0.25, 0.3) is 0 Å².